The maximum absolute atomic E-state index is 12.5. The Bertz CT molecular complexity index is 824. The molecule has 0 saturated carbocycles. The summed E-state index contributed by atoms with van der Waals surface area (Å²) in [6, 6.07) is 9.16. The maximum Gasteiger partial charge on any atom is 0.286 e. The van der Waals surface area contributed by atoms with Gasteiger partial charge in [-0.15, -0.1) is 0 Å². The number of rotatable bonds is 4. The minimum absolute atomic E-state index is 0.0341. The van der Waals surface area contributed by atoms with E-state index in [1.807, 2.05) is 0 Å². The van der Waals surface area contributed by atoms with Gasteiger partial charge in [-0.1, -0.05) is 29.8 Å². The fourth-order valence-corrected chi connectivity index (χ4v) is 2.74. The number of carbonyl (C=O) groups is 1. The van der Waals surface area contributed by atoms with E-state index in [9.17, 15) is 14.9 Å². The highest BCUT2D eigenvalue weighted by Crippen LogP contribution is 2.38. The van der Waals surface area contributed by atoms with Crippen LogP contribution in [0.4, 0.5) is 5.69 Å². The highest BCUT2D eigenvalue weighted by Gasteiger charge is 2.28. The third kappa shape index (κ3) is 2.98. The molecule has 1 N–H and O–H groups in total. The van der Waals surface area contributed by atoms with Gasteiger partial charge in [0.1, 0.15) is 5.56 Å². The number of nitrogens with zero attached hydrogens (tertiary/aromatic N) is 1. The lowest BCUT2D eigenvalue weighted by atomic mass is 10.1. The molecule has 0 bridgehead atoms. The highest BCUT2D eigenvalue weighted by atomic mass is 35.5. The number of nitro groups is 1. The smallest absolute Gasteiger partial charge is 0.286 e. The molecule has 0 aromatic heterocycles. The van der Waals surface area contributed by atoms with E-state index in [2.05, 4.69) is 5.32 Å². The van der Waals surface area contributed by atoms with Gasteiger partial charge >= 0.3 is 0 Å². The van der Waals surface area contributed by atoms with E-state index in [1.54, 1.807) is 31.2 Å². The molecular weight excluding hydrogens is 336 g/mol. The average molecular weight is 349 g/mol. The molecular formula is C16H13ClN2O5. The molecule has 0 saturated heterocycles. The second-order valence-corrected chi connectivity index (χ2v) is 5.60. The first-order valence-corrected chi connectivity index (χ1v) is 7.48. The molecule has 1 aliphatic rings. The number of amides is 1. The van der Waals surface area contributed by atoms with Gasteiger partial charge in [0.25, 0.3) is 11.6 Å². The first kappa shape index (κ1) is 16.1. The number of ether oxygens (including phenoxy) is 2. The van der Waals surface area contributed by atoms with Crippen LogP contribution in [-0.4, -0.2) is 17.6 Å². The predicted molar refractivity (Wildman–Crippen MR) is 86.6 cm³/mol. The minimum atomic E-state index is -0.628. The van der Waals surface area contributed by atoms with Gasteiger partial charge in [0, 0.05) is 11.1 Å². The largest absolute Gasteiger partial charge is 0.454 e. The van der Waals surface area contributed by atoms with Crippen molar-refractivity contribution < 1.29 is 19.2 Å². The van der Waals surface area contributed by atoms with Crippen LogP contribution in [0.3, 0.4) is 0 Å². The molecule has 2 aromatic rings. The molecule has 1 aliphatic heterocycles. The van der Waals surface area contributed by atoms with Crippen molar-refractivity contribution in [2.45, 2.75) is 13.0 Å². The molecule has 0 spiro atoms. The van der Waals surface area contributed by atoms with E-state index >= 15 is 0 Å². The van der Waals surface area contributed by atoms with E-state index in [4.69, 9.17) is 21.1 Å². The summed E-state index contributed by atoms with van der Waals surface area (Å²) in [6.07, 6.45) is 0. The van der Waals surface area contributed by atoms with Gasteiger partial charge in [0.2, 0.25) is 6.79 Å². The number of halogens is 1. The monoisotopic (exact) mass is 348 g/mol. The molecule has 3 rings (SSSR count). The van der Waals surface area contributed by atoms with Crippen LogP contribution in [0.2, 0.25) is 5.02 Å². The van der Waals surface area contributed by atoms with Gasteiger partial charge < -0.3 is 14.8 Å². The highest BCUT2D eigenvalue weighted by molar-refractivity contribution is 6.31. The van der Waals surface area contributed by atoms with Gasteiger partial charge in [0.05, 0.1) is 17.0 Å². The summed E-state index contributed by atoms with van der Waals surface area (Å²) < 4.78 is 10.3. The number of carbonyl (C=O) groups excluding carboxylic acids is 1. The molecule has 0 fully saturated rings. The molecule has 0 aliphatic carbocycles. The van der Waals surface area contributed by atoms with Crippen molar-refractivity contribution in [2.24, 2.45) is 0 Å². The summed E-state index contributed by atoms with van der Waals surface area (Å²) in [5.41, 5.74) is 0.280. The Balaban J connectivity index is 1.90. The van der Waals surface area contributed by atoms with Crippen LogP contribution in [0.1, 0.15) is 28.9 Å². The molecule has 7 nitrogen and oxygen atoms in total. The summed E-state index contributed by atoms with van der Waals surface area (Å²) >= 11 is 6.11. The van der Waals surface area contributed by atoms with E-state index in [-0.39, 0.29) is 23.8 Å². The molecule has 1 amide bonds. The van der Waals surface area contributed by atoms with Crippen molar-refractivity contribution in [3.05, 3.63) is 62.7 Å². The fourth-order valence-electron chi connectivity index (χ4n) is 2.44. The molecule has 1 atom stereocenters. The summed E-state index contributed by atoms with van der Waals surface area (Å²) in [6.45, 7) is 1.71. The van der Waals surface area contributed by atoms with Crippen LogP contribution >= 0.6 is 11.6 Å². The summed E-state index contributed by atoms with van der Waals surface area (Å²) in [5, 5.41) is 14.5. The normalized spacial score (nSPS) is 13.4. The lowest BCUT2D eigenvalue weighted by Crippen LogP contribution is -2.27. The minimum Gasteiger partial charge on any atom is -0.454 e. The quantitative estimate of drug-likeness (QED) is 0.674. The zero-order chi connectivity index (χ0) is 17.3. The zero-order valence-electron chi connectivity index (χ0n) is 12.6. The average Bonchev–Trinajstić information content (AvgIpc) is 3.01. The number of benzene rings is 2. The third-order valence-electron chi connectivity index (χ3n) is 3.65. The summed E-state index contributed by atoms with van der Waals surface area (Å²) in [4.78, 5) is 23.1. The van der Waals surface area contributed by atoms with Crippen LogP contribution in [-0.2, 0) is 0 Å². The topological polar surface area (TPSA) is 90.7 Å². The number of fused-ring (bicyclic) bond motifs is 1. The van der Waals surface area contributed by atoms with Crippen LogP contribution in [0.15, 0.2) is 36.4 Å². The first-order chi connectivity index (χ1) is 11.5. The zero-order valence-corrected chi connectivity index (χ0v) is 13.4. The fraction of sp³-hybridized carbons (Fsp3) is 0.188. The second-order valence-electron chi connectivity index (χ2n) is 5.20. The van der Waals surface area contributed by atoms with Crippen molar-refractivity contribution >= 4 is 23.2 Å². The van der Waals surface area contributed by atoms with Gasteiger partial charge in [0.15, 0.2) is 11.5 Å². The van der Waals surface area contributed by atoms with Crippen molar-refractivity contribution in [2.75, 3.05) is 6.79 Å². The number of hydrogen-bond donors (Lipinski definition) is 1. The molecule has 124 valence electrons. The standard InChI is InChI=1S/C16H13ClN2O5/c1-9(10-4-2-3-5-12(10)17)18-16(20)11-6-14-15(24-8-23-14)7-13(11)19(21)22/h2-7,9H,8H2,1H3,(H,18,20). The maximum atomic E-state index is 12.5. The number of hydrogen-bond acceptors (Lipinski definition) is 5. The molecule has 24 heavy (non-hydrogen) atoms. The van der Waals surface area contributed by atoms with Gasteiger partial charge in [-0.3, -0.25) is 14.9 Å². The van der Waals surface area contributed by atoms with Gasteiger partial charge in [-0.2, -0.15) is 0 Å². The first-order valence-electron chi connectivity index (χ1n) is 7.10. The molecule has 1 unspecified atom stereocenters. The van der Waals surface area contributed by atoms with E-state index < -0.39 is 16.9 Å². The molecule has 0 radical (unpaired) electrons. The summed E-state index contributed by atoms with van der Waals surface area (Å²) in [5.74, 6) is -0.0408. The second kappa shape index (κ2) is 6.37. The predicted octanol–water partition coefficient (Wildman–Crippen LogP) is 3.47. The third-order valence-corrected chi connectivity index (χ3v) is 4.00. The van der Waals surface area contributed by atoms with Crippen LogP contribution in [0.5, 0.6) is 11.5 Å². The van der Waals surface area contributed by atoms with Crippen molar-refractivity contribution in [3.8, 4) is 11.5 Å². The van der Waals surface area contributed by atoms with E-state index in [0.717, 1.165) is 5.56 Å². The van der Waals surface area contributed by atoms with Crippen LogP contribution in [0.25, 0.3) is 0 Å². The Morgan fingerprint density at radius 1 is 1.29 bits per heavy atom. The Labute approximate surface area is 142 Å². The van der Waals surface area contributed by atoms with Gasteiger partial charge in [-0.05, 0) is 18.6 Å². The Kier molecular flexibility index (Phi) is 4.26. The Hall–Kier alpha value is -2.80. The molecule has 8 heteroatoms. The Morgan fingerprint density at radius 2 is 1.96 bits per heavy atom. The number of nitro benzene ring substituents is 1. The van der Waals surface area contributed by atoms with E-state index in [0.29, 0.717) is 10.8 Å². The number of nitrogens with one attached hydrogen (secondary N) is 1. The van der Waals surface area contributed by atoms with Crippen molar-refractivity contribution in [1.29, 1.82) is 0 Å². The molecule has 1 heterocycles. The van der Waals surface area contributed by atoms with Crippen molar-refractivity contribution in [3.63, 3.8) is 0 Å². The van der Waals surface area contributed by atoms with Crippen LogP contribution in [0, 0.1) is 10.1 Å². The van der Waals surface area contributed by atoms with Gasteiger partial charge in [-0.25, -0.2) is 0 Å². The lowest BCUT2D eigenvalue weighted by molar-refractivity contribution is -0.385. The summed E-state index contributed by atoms with van der Waals surface area (Å²) in [7, 11) is 0. The lowest BCUT2D eigenvalue weighted by Gasteiger charge is -2.16. The van der Waals surface area contributed by atoms with E-state index in [1.165, 1.54) is 12.1 Å². The molecule has 2 aromatic carbocycles. The van der Waals surface area contributed by atoms with Crippen molar-refractivity contribution in [1.82, 2.24) is 5.32 Å². The SMILES string of the molecule is CC(NC(=O)c1cc2c(cc1[N+](=O)[O-])OCO2)c1ccccc1Cl. The van der Waals surface area contributed by atoms with Crippen LogP contribution < -0.4 is 14.8 Å². The Morgan fingerprint density at radius 3 is 2.62 bits per heavy atom.